The topological polar surface area (TPSA) is 78.3 Å². The third kappa shape index (κ3) is 2.42. The van der Waals surface area contributed by atoms with Crippen LogP contribution in [0.4, 0.5) is 18.9 Å². The van der Waals surface area contributed by atoms with Crippen LogP contribution in [0.2, 0.25) is 0 Å². The summed E-state index contributed by atoms with van der Waals surface area (Å²) in [6.07, 6.45) is -4.71. The Morgan fingerprint density at radius 2 is 1.95 bits per heavy atom. The van der Waals surface area contributed by atoms with E-state index in [9.17, 15) is 28.1 Å². The molecular weight excluding hydrogens is 281 g/mol. The summed E-state index contributed by atoms with van der Waals surface area (Å²) in [5.41, 5.74) is -3.10. The second-order valence-corrected chi connectivity index (χ2v) is 3.94. The van der Waals surface area contributed by atoms with Crippen LogP contribution in [0.25, 0.3) is 5.69 Å². The Labute approximate surface area is 109 Å². The molecule has 0 fully saturated rings. The quantitative estimate of drug-likeness (QED) is 0.628. The summed E-state index contributed by atoms with van der Waals surface area (Å²) in [6, 6.07) is 2.90. The van der Waals surface area contributed by atoms with Crippen LogP contribution in [0.15, 0.2) is 33.6 Å². The van der Waals surface area contributed by atoms with E-state index in [4.69, 9.17) is 4.52 Å². The number of nitrogens with zero attached hydrogens (tertiary/aromatic N) is 2. The van der Waals surface area contributed by atoms with Crippen molar-refractivity contribution in [2.24, 2.45) is 0 Å². The SMILES string of the molecule is Cc1cc(=O)n(-c2ccc(C(F)(F)F)cc2[N+](=O)[O-])o1. The molecule has 0 saturated carbocycles. The molecule has 1 heterocycles. The van der Waals surface area contributed by atoms with Crippen molar-refractivity contribution in [2.75, 3.05) is 0 Å². The van der Waals surface area contributed by atoms with E-state index in [1.165, 1.54) is 6.92 Å². The molecule has 0 N–H and O–H groups in total. The number of nitro benzene ring substituents is 1. The standard InChI is InChI=1S/C11H7F3N2O4/c1-6-4-10(17)15(20-6)8-3-2-7(11(12,13)14)5-9(8)16(18)19/h2-5H,1H3. The molecule has 0 aliphatic carbocycles. The molecule has 0 saturated heterocycles. The van der Waals surface area contributed by atoms with E-state index in [-0.39, 0.29) is 11.4 Å². The van der Waals surface area contributed by atoms with Gasteiger partial charge < -0.3 is 4.52 Å². The van der Waals surface area contributed by atoms with Crippen LogP contribution in [0, 0.1) is 17.0 Å². The first-order chi connectivity index (χ1) is 9.20. The Morgan fingerprint density at radius 3 is 2.40 bits per heavy atom. The first kappa shape index (κ1) is 13.8. The Balaban J connectivity index is 2.69. The lowest BCUT2D eigenvalue weighted by atomic mass is 10.1. The van der Waals surface area contributed by atoms with Crippen LogP contribution in [0.1, 0.15) is 11.3 Å². The highest BCUT2D eigenvalue weighted by Gasteiger charge is 2.33. The summed E-state index contributed by atoms with van der Waals surface area (Å²) in [7, 11) is 0. The predicted octanol–water partition coefficient (Wildman–Crippen LogP) is 2.67. The van der Waals surface area contributed by atoms with Crippen molar-refractivity contribution in [2.45, 2.75) is 13.1 Å². The van der Waals surface area contributed by atoms with E-state index in [0.717, 1.165) is 12.1 Å². The van der Waals surface area contributed by atoms with E-state index in [2.05, 4.69) is 0 Å². The molecule has 106 valence electrons. The zero-order valence-corrected chi connectivity index (χ0v) is 9.97. The summed E-state index contributed by atoms with van der Waals surface area (Å²) in [4.78, 5) is 21.4. The van der Waals surface area contributed by atoms with Crippen LogP contribution in [-0.2, 0) is 6.18 Å². The van der Waals surface area contributed by atoms with Gasteiger partial charge in [0.25, 0.3) is 11.2 Å². The lowest BCUT2D eigenvalue weighted by Gasteiger charge is -2.08. The molecule has 0 radical (unpaired) electrons. The van der Waals surface area contributed by atoms with Gasteiger partial charge in [0.15, 0.2) is 5.69 Å². The van der Waals surface area contributed by atoms with Crippen molar-refractivity contribution in [3.05, 3.63) is 56.1 Å². The summed E-state index contributed by atoms with van der Waals surface area (Å²) in [5, 5.41) is 10.9. The van der Waals surface area contributed by atoms with E-state index in [1.807, 2.05) is 0 Å². The van der Waals surface area contributed by atoms with Crippen LogP contribution in [0.5, 0.6) is 0 Å². The van der Waals surface area contributed by atoms with Crippen LogP contribution in [0.3, 0.4) is 0 Å². The Bertz CT molecular complexity index is 730. The molecular formula is C11H7F3N2O4. The molecule has 0 amide bonds. The first-order valence-electron chi connectivity index (χ1n) is 5.26. The van der Waals surface area contributed by atoms with Crippen molar-refractivity contribution >= 4 is 5.69 Å². The zero-order chi connectivity index (χ0) is 15.1. The monoisotopic (exact) mass is 288 g/mol. The number of hydrogen-bond donors (Lipinski definition) is 0. The average Bonchev–Trinajstić information content (AvgIpc) is 2.66. The number of benzene rings is 1. The van der Waals surface area contributed by atoms with Crippen molar-refractivity contribution in [1.29, 1.82) is 0 Å². The smallest absolute Gasteiger partial charge is 0.376 e. The lowest BCUT2D eigenvalue weighted by Crippen LogP contribution is -2.14. The Morgan fingerprint density at radius 1 is 1.30 bits per heavy atom. The molecule has 0 spiro atoms. The highest BCUT2D eigenvalue weighted by atomic mass is 19.4. The number of alkyl halides is 3. The maximum atomic E-state index is 12.5. The van der Waals surface area contributed by atoms with Crippen LogP contribution in [-0.4, -0.2) is 9.66 Å². The minimum atomic E-state index is -4.71. The van der Waals surface area contributed by atoms with Crippen LogP contribution < -0.4 is 5.56 Å². The van der Waals surface area contributed by atoms with E-state index in [1.54, 1.807) is 0 Å². The lowest BCUT2D eigenvalue weighted by molar-refractivity contribution is -0.385. The summed E-state index contributed by atoms with van der Waals surface area (Å²) >= 11 is 0. The zero-order valence-electron chi connectivity index (χ0n) is 9.97. The van der Waals surface area contributed by atoms with Gasteiger partial charge in [0.05, 0.1) is 10.5 Å². The molecule has 0 aliphatic rings. The van der Waals surface area contributed by atoms with Gasteiger partial charge in [-0.1, -0.05) is 0 Å². The van der Waals surface area contributed by atoms with Crippen molar-refractivity contribution in [3.8, 4) is 5.69 Å². The minimum Gasteiger partial charge on any atom is -0.376 e. The third-order valence-corrected chi connectivity index (χ3v) is 2.48. The highest BCUT2D eigenvalue weighted by molar-refractivity contribution is 5.54. The van der Waals surface area contributed by atoms with Gasteiger partial charge in [-0.3, -0.25) is 14.9 Å². The number of aromatic nitrogens is 1. The largest absolute Gasteiger partial charge is 0.416 e. The van der Waals surface area contributed by atoms with Gasteiger partial charge in [-0.2, -0.15) is 13.2 Å². The fraction of sp³-hybridized carbons (Fsp3) is 0.182. The summed E-state index contributed by atoms with van der Waals surface area (Å²) in [6.45, 7) is 1.44. The van der Waals surface area contributed by atoms with Gasteiger partial charge in [-0.05, 0) is 19.1 Å². The molecule has 20 heavy (non-hydrogen) atoms. The van der Waals surface area contributed by atoms with E-state index in [0.29, 0.717) is 16.9 Å². The maximum Gasteiger partial charge on any atom is 0.416 e. The molecule has 9 heteroatoms. The van der Waals surface area contributed by atoms with Gasteiger partial charge in [0.2, 0.25) is 0 Å². The maximum absolute atomic E-state index is 12.5. The van der Waals surface area contributed by atoms with Crippen molar-refractivity contribution in [1.82, 2.24) is 4.74 Å². The van der Waals surface area contributed by atoms with Crippen molar-refractivity contribution < 1.29 is 22.6 Å². The molecule has 2 rings (SSSR count). The highest BCUT2D eigenvalue weighted by Crippen LogP contribution is 2.34. The third-order valence-electron chi connectivity index (χ3n) is 2.48. The fourth-order valence-electron chi connectivity index (χ4n) is 1.63. The van der Waals surface area contributed by atoms with Gasteiger partial charge in [0.1, 0.15) is 5.76 Å². The molecule has 0 unspecified atom stereocenters. The second kappa shape index (κ2) is 4.51. The second-order valence-electron chi connectivity index (χ2n) is 3.94. The number of halogens is 3. The number of nitro groups is 1. The van der Waals surface area contributed by atoms with E-state index >= 15 is 0 Å². The molecule has 0 bridgehead atoms. The average molecular weight is 288 g/mol. The first-order valence-corrected chi connectivity index (χ1v) is 5.26. The predicted molar refractivity (Wildman–Crippen MR) is 60.7 cm³/mol. The van der Waals surface area contributed by atoms with Gasteiger partial charge in [0, 0.05) is 12.1 Å². The minimum absolute atomic E-state index is 0.184. The molecule has 1 aromatic heterocycles. The Hall–Kier alpha value is -2.58. The van der Waals surface area contributed by atoms with Crippen molar-refractivity contribution in [3.63, 3.8) is 0 Å². The molecule has 0 aliphatic heterocycles. The van der Waals surface area contributed by atoms with E-state index < -0.39 is 27.9 Å². The molecule has 0 atom stereocenters. The normalized spacial score (nSPS) is 11.6. The van der Waals surface area contributed by atoms with Gasteiger partial charge in [-0.25, -0.2) is 0 Å². The summed E-state index contributed by atoms with van der Waals surface area (Å²) in [5.74, 6) is 0.184. The number of aryl methyl sites for hydroxylation is 1. The molecule has 6 nitrogen and oxygen atoms in total. The van der Waals surface area contributed by atoms with Gasteiger partial charge >= 0.3 is 6.18 Å². The van der Waals surface area contributed by atoms with Crippen LogP contribution >= 0.6 is 0 Å². The Kier molecular flexibility index (Phi) is 3.12. The fourth-order valence-corrected chi connectivity index (χ4v) is 1.63. The van der Waals surface area contributed by atoms with Gasteiger partial charge in [-0.15, -0.1) is 4.74 Å². The summed E-state index contributed by atoms with van der Waals surface area (Å²) < 4.78 is 43.1. The number of hydrogen-bond acceptors (Lipinski definition) is 4. The number of rotatable bonds is 2. The molecule has 1 aromatic carbocycles. The molecule has 2 aromatic rings.